The zero-order valence-electron chi connectivity index (χ0n) is 18.5. The number of hydrogen-bond acceptors (Lipinski definition) is 5. The van der Waals surface area contributed by atoms with Gasteiger partial charge in [-0.1, -0.05) is 13.3 Å². The summed E-state index contributed by atoms with van der Waals surface area (Å²) in [5.74, 6) is 2.62. The molecule has 5 rings (SSSR count). The maximum atomic E-state index is 4.85. The van der Waals surface area contributed by atoms with E-state index in [0.29, 0.717) is 18.0 Å². The van der Waals surface area contributed by atoms with Crippen molar-refractivity contribution in [1.82, 2.24) is 19.8 Å². The number of nitrogens with zero attached hydrogens (tertiary/aromatic N) is 5. The molecule has 2 atom stereocenters. The number of piperidine rings is 1. The number of aromatic nitrogens is 2. The lowest BCUT2D eigenvalue weighted by Crippen LogP contribution is -2.53. The molecule has 0 aromatic carbocycles. The summed E-state index contributed by atoms with van der Waals surface area (Å²) in [6, 6.07) is 2.07. The van der Waals surface area contributed by atoms with Crippen LogP contribution in [0.5, 0.6) is 0 Å². The van der Waals surface area contributed by atoms with Gasteiger partial charge in [0, 0.05) is 43.6 Å². The van der Waals surface area contributed by atoms with E-state index in [1.165, 1.54) is 76.4 Å². The predicted molar refractivity (Wildman–Crippen MR) is 118 cm³/mol. The summed E-state index contributed by atoms with van der Waals surface area (Å²) in [6.45, 7) is 7.19. The Kier molecular flexibility index (Phi) is 5.79. The monoisotopic (exact) mass is 397 g/mol. The highest BCUT2D eigenvalue weighted by molar-refractivity contribution is 5.38. The van der Waals surface area contributed by atoms with Gasteiger partial charge in [-0.2, -0.15) is 0 Å². The fraction of sp³-hybridized carbons (Fsp3) is 0.833. The quantitative estimate of drug-likeness (QED) is 0.770. The van der Waals surface area contributed by atoms with E-state index in [1.54, 1.807) is 0 Å². The largest absolute Gasteiger partial charge is 0.332 e. The lowest BCUT2D eigenvalue weighted by molar-refractivity contribution is 0.106. The minimum absolute atomic E-state index is 0.607. The topological polar surface area (TPSA) is 35.5 Å². The van der Waals surface area contributed by atoms with E-state index in [2.05, 4.69) is 41.1 Å². The summed E-state index contributed by atoms with van der Waals surface area (Å²) in [6.07, 6.45) is 16.5. The molecule has 0 radical (unpaired) electrons. The average molecular weight is 398 g/mol. The van der Waals surface area contributed by atoms with Crippen molar-refractivity contribution in [3.05, 3.63) is 18.0 Å². The first-order valence-electron chi connectivity index (χ1n) is 12.2. The van der Waals surface area contributed by atoms with E-state index in [-0.39, 0.29) is 0 Å². The molecular weight excluding hydrogens is 358 g/mol. The van der Waals surface area contributed by atoms with E-state index in [9.17, 15) is 0 Å². The minimum Gasteiger partial charge on any atom is -0.332 e. The number of fused-ring (bicyclic) bond motifs is 2. The Labute approximate surface area is 176 Å². The van der Waals surface area contributed by atoms with Crippen LogP contribution in [0.15, 0.2) is 12.4 Å². The van der Waals surface area contributed by atoms with Crippen LogP contribution in [0.2, 0.25) is 0 Å². The van der Waals surface area contributed by atoms with Crippen molar-refractivity contribution in [3.8, 4) is 0 Å². The zero-order valence-corrected chi connectivity index (χ0v) is 18.5. The smallest absolute Gasteiger partial charge is 0.225 e. The van der Waals surface area contributed by atoms with Crippen molar-refractivity contribution in [3.63, 3.8) is 0 Å². The molecule has 5 heteroatoms. The molecule has 2 bridgehead atoms. The Bertz CT molecular complexity index is 646. The Morgan fingerprint density at radius 1 is 0.828 bits per heavy atom. The maximum Gasteiger partial charge on any atom is 0.225 e. The van der Waals surface area contributed by atoms with Gasteiger partial charge in [0.05, 0.1) is 0 Å². The van der Waals surface area contributed by atoms with Gasteiger partial charge in [0.15, 0.2) is 0 Å². The van der Waals surface area contributed by atoms with E-state index in [0.717, 1.165) is 31.0 Å². The highest BCUT2D eigenvalue weighted by Crippen LogP contribution is 2.35. The summed E-state index contributed by atoms with van der Waals surface area (Å²) in [5.41, 5.74) is 1.37. The number of piperazine rings is 1. The summed E-state index contributed by atoms with van der Waals surface area (Å²) in [5, 5.41) is 0. The Hall–Kier alpha value is -1.20. The third kappa shape index (κ3) is 4.05. The first-order valence-corrected chi connectivity index (χ1v) is 12.2. The predicted octanol–water partition coefficient (Wildman–Crippen LogP) is 3.91. The Morgan fingerprint density at radius 2 is 1.41 bits per heavy atom. The van der Waals surface area contributed by atoms with Crippen LogP contribution in [0.1, 0.15) is 76.2 Å². The van der Waals surface area contributed by atoms with E-state index in [4.69, 9.17) is 9.97 Å². The van der Waals surface area contributed by atoms with Crippen molar-refractivity contribution in [2.75, 3.05) is 38.1 Å². The fourth-order valence-corrected chi connectivity index (χ4v) is 6.63. The van der Waals surface area contributed by atoms with E-state index < -0.39 is 0 Å². The highest BCUT2D eigenvalue weighted by Gasteiger charge is 2.40. The van der Waals surface area contributed by atoms with Crippen LogP contribution in [0.3, 0.4) is 0 Å². The van der Waals surface area contributed by atoms with Gasteiger partial charge in [-0.15, -0.1) is 0 Å². The second-order valence-electron chi connectivity index (χ2n) is 10.2. The zero-order chi connectivity index (χ0) is 19.8. The molecule has 3 aliphatic heterocycles. The number of hydrogen-bond donors (Lipinski definition) is 0. The summed E-state index contributed by atoms with van der Waals surface area (Å²) >= 11 is 0. The molecule has 29 heavy (non-hydrogen) atoms. The van der Waals surface area contributed by atoms with Gasteiger partial charge in [0.2, 0.25) is 5.95 Å². The van der Waals surface area contributed by atoms with Crippen LogP contribution in [0.25, 0.3) is 0 Å². The first-order chi connectivity index (χ1) is 14.2. The molecule has 4 heterocycles. The number of likely N-dealkylation sites (N-methyl/N-ethyl adjacent to an activating group) is 1. The molecule has 1 aromatic rings. The van der Waals surface area contributed by atoms with Crippen molar-refractivity contribution in [2.24, 2.45) is 5.92 Å². The number of anilines is 1. The lowest BCUT2D eigenvalue weighted by Gasteiger charge is -2.41. The Morgan fingerprint density at radius 3 is 2.00 bits per heavy atom. The van der Waals surface area contributed by atoms with E-state index >= 15 is 0 Å². The molecule has 0 amide bonds. The second-order valence-corrected chi connectivity index (χ2v) is 10.2. The van der Waals surface area contributed by atoms with Crippen LogP contribution in [0, 0.1) is 5.92 Å². The summed E-state index contributed by atoms with van der Waals surface area (Å²) < 4.78 is 0. The molecule has 160 valence electrons. The fourth-order valence-electron chi connectivity index (χ4n) is 6.63. The van der Waals surface area contributed by atoms with Gasteiger partial charge in [-0.05, 0) is 88.9 Å². The van der Waals surface area contributed by atoms with Gasteiger partial charge in [-0.25, -0.2) is 9.97 Å². The van der Waals surface area contributed by atoms with Crippen molar-refractivity contribution >= 4 is 5.95 Å². The standard InChI is InChI=1S/C24H39N5/c1-3-18-4-6-21(7-5-18)28-12-10-19(11-13-28)20-14-25-24(26-15-20)29-22-8-9-23(29)17-27(2)16-22/h14-15,18-19,21-23H,3-13,16-17H2,1-2H3/t18-,21-,22?,23?. The van der Waals surface area contributed by atoms with E-state index in [1.807, 2.05) is 0 Å². The maximum absolute atomic E-state index is 4.85. The highest BCUT2D eigenvalue weighted by atomic mass is 15.4. The van der Waals surface area contributed by atoms with Crippen molar-refractivity contribution in [1.29, 1.82) is 0 Å². The number of rotatable bonds is 4. The molecule has 1 aliphatic carbocycles. The van der Waals surface area contributed by atoms with Gasteiger partial charge < -0.3 is 14.7 Å². The molecule has 2 unspecified atom stereocenters. The SMILES string of the molecule is CC[C@H]1CC[C@H](N2CCC(c3cnc(N4C5CCC4CN(C)C5)nc3)CC2)CC1. The van der Waals surface area contributed by atoms with Crippen LogP contribution in [-0.4, -0.2) is 71.1 Å². The molecule has 1 aromatic heterocycles. The van der Waals surface area contributed by atoms with Crippen LogP contribution in [0.4, 0.5) is 5.95 Å². The lowest BCUT2D eigenvalue weighted by atomic mass is 9.82. The Balaban J connectivity index is 1.16. The van der Waals surface area contributed by atoms with Gasteiger partial charge in [0.25, 0.3) is 0 Å². The van der Waals surface area contributed by atoms with Crippen LogP contribution in [-0.2, 0) is 0 Å². The molecule has 3 saturated heterocycles. The van der Waals surface area contributed by atoms with Gasteiger partial charge in [0.1, 0.15) is 0 Å². The molecule has 4 fully saturated rings. The average Bonchev–Trinajstić information content (AvgIpc) is 3.05. The molecule has 4 aliphatic rings. The van der Waals surface area contributed by atoms with Gasteiger partial charge >= 0.3 is 0 Å². The normalized spacial score (nSPS) is 34.6. The second kappa shape index (κ2) is 8.50. The van der Waals surface area contributed by atoms with Crippen molar-refractivity contribution in [2.45, 2.75) is 88.8 Å². The summed E-state index contributed by atoms with van der Waals surface area (Å²) in [4.78, 5) is 17.5. The van der Waals surface area contributed by atoms with Crippen LogP contribution < -0.4 is 4.90 Å². The van der Waals surface area contributed by atoms with Crippen LogP contribution >= 0.6 is 0 Å². The molecule has 1 saturated carbocycles. The molecule has 5 nitrogen and oxygen atoms in total. The third-order valence-electron chi connectivity index (χ3n) is 8.46. The van der Waals surface area contributed by atoms with Gasteiger partial charge in [-0.3, -0.25) is 0 Å². The third-order valence-corrected chi connectivity index (χ3v) is 8.46. The van der Waals surface area contributed by atoms with Crippen molar-refractivity contribution < 1.29 is 0 Å². The molecule has 0 spiro atoms. The summed E-state index contributed by atoms with van der Waals surface area (Å²) in [7, 11) is 2.24. The molecule has 0 N–H and O–H groups in total. The number of likely N-dealkylation sites (tertiary alicyclic amines) is 2. The minimum atomic E-state index is 0.607. The first kappa shape index (κ1) is 19.7. The molecular formula is C24H39N5.